The van der Waals surface area contributed by atoms with E-state index in [1.165, 1.54) is 11.8 Å². The minimum atomic E-state index is -0.234. The second-order valence-corrected chi connectivity index (χ2v) is 3.13. The lowest BCUT2D eigenvalue weighted by Crippen LogP contribution is -2.34. The lowest BCUT2D eigenvalue weighted by Gasteiger charge is -2.17. The van der Waals surface area contributed by atoms with Crippen molar-refractivity contribution < 1.29 is 10.0 Å². The SMILES string of the molecule is CSCC(=O)N(O)C(C)C. The highest BCUT2D eigenvalue weighted by atomic mass is 32.2. The summed E-state index contributed by atoms with van der Waals surface area (Å²) in [5.74, 6) is 0.108. The largest absolute Gasteiger partial charge is 0.286 e. The quantitative estimate of drug-likeness (QED) is 0.498. The van der Waals surface area contributed by atoms with Crippen molar-refractivity contribution in [3.8, 4) is 0 Å². The molecule has 1 N–H and O–H groups in total. The molecule has 0 aliphatic heterocycles. The van der Waals surface area contributed by atoms with Crippen molar-refractivity contribution in [3.63, 3.8) is 0 Å². The molecule has 0 fully saturated rings. The Morgan fingerprint density at radius 1 is 1.70 bits per heavy atom. The van der Waals surface area contributed by atoms with Crippen LogP contribution >= 0.6 is 11.8 Å². The van der Waals surface area contributed by atoms with Gasteiger partial charge in [0.15, 0.2) is 0 Å². The van der Waals surface area contributed by atoms with Gasteiger partial charge in [-0.1, -0.05) is 0 Å². The van der Waals surface area contributed by atoms with Gasteiger partial charge in [-0.3, -0.25) is 10.0 Å². The number of hydroxylamine groups is 2. The summed E-state index contributed by atoms with van der Waals surface area (Å²) in [5.41, 5.74) is 0. The zero-order chi connectivity index (χ0) is 8.15. The molecular weight excluding hydrogens is 150 g/mol. The van der Waals surface area contributed by atoms with Gasteiger partial charge >= 0.3 is 0 Å². The van der Waals surface area contributed by atoms with Crippen LogP contribution in [0.3, 0.4) is 0 Å². The first-order valence-corrected chi connectivity index (χ1v) is 4.48. The maximum atomic E-state index is 10.8. The van der Waals surface area contributed by atoms with Gasteiger partial charge in [0.25, 0.3) is 5.91 Å². The number of carbonyl (C=O) groups excluding carboxylic acids is 1. The maximum Gasteiger partial charge on any atom is 0.256 e. The lowest BCUT2D eigenvalue weighted by atomic mass is 10.4. The Morgan fingerprint density at radius 2 is 2.20 bits per heavy atom. The summed E-state index contributed by atoms with van der Waals surface area (Å²) in [7, 11) is 0. The smallest absolute Gasteiger partial charge is 0.256 e. The molecule has 0 unspecified atom stereocenters. The van der Waals surface area contributed by atoms with Crippen molar-refractivity contribution in [3.05, 3.63) is 0 Å². The van der Waals surface area contributed by atoms with Gasteiger partial charge in [-0.25, -0.2) is 5.06 Å². The van der Waals surface area contributed by atoms with Gasteiger partial charge in [0, 0.05) is 0 Å². The summed E-state index contributed by atoms with van der Waals surface area (Å²) >= 11 is 1.40. The fraction of sp³-hybridized carbons (Fsp3) is 0.833. The second-order valence-electron chi connectivity index (χ2n) is 2.27. The van der Waals surface area contributed by atoms with Gasteiger partial charge in [0.05, 0.1) is 11.8 Å². The highest BCUT2D eigenvalue weighted by molar-refractivity contribution is 7.99. The van der Waals surface area contributed by atoms with Crippen molar-refractivity contribution in [1.82, 2.24) is 5.06 Å². The number of hydrogen-bond acceptors (Lipinski definition) is 3. The van der Waals surface area contributed by atoms with Gasteiger partial charge in [0.2, 0.25) is 0 Å². The third-order valence-corrected chi connectivity index (χ3v) is 1.55. The van der Waals surface area contributed by atoms with E-state index in [9.17, 15) is 4.79 Å². The fourth-order valence-corrected chi connectivity index (χ4v) is 0.857. The molecule has 0 aromatic carbocycles. The predicted octanol–water partition coefficient (Wildman–Crippen LogP) is 0.976. The first-order chi connectivity index (χ1) is 4.59. The average Bonchev–Trinajstić information content (AvgIpc) is 1.87. The summed E-state index contributed by atoms with van der Waals surface area (Å²) in [4.78, 5) is 10.8. The predicted molar refractivity (Wildman–Crippen MR) is 42.2 cm³/mol. The third kappa shape index (κ3) is 3.08. The van der Waals surface area contributed by atoms with Crippen molar-refractivity contribution in [2.24, 2.45) is 0 Å². The Balaban J connectivity index is 3.71. The Hall–Kier alpha value is -0.220. The Kier molecular flexibility index (Phi) is 4.47. The van der Waals surface area contributed by atoms with Crippen molar-refractivity contribution in [2.75, 3.05) is 12.0 Å². The summed E-state index contributed by atoms with van der Waals surface area (Å²) in [6.07, 6.45) is 1.83. The normalized spacial score (nSPS) is 10.1. The molecule has 0 heterocycles. The monoisotopic (exact) mass is 163 g/mol. The van der Waals surface area contributed by atoms with Crippen LogP contribution in [0.4, 0.5) is 0 Å². The van der Waals surface area contributed by atoms with Crippen LogP contribution in [0.15, 0.2) is 0 Å². The van der Waals surface area contributed by atoms with E-state index < -0.39 is 0 Å². The minimum Gasteiger partial charge on any atom is -0.286 e. The van der Waals surface area contributed by atoms with Crippen LogP contribution in [-0.2, 0) is 4.79 Å². The fourth-order valence-electron chi connectivity index (χ4n) is 0.478. The molecule has 0 aliphatic rings. The molecule has 0 radical (unpaired) electrons. The number of carbonyl (C=O) groups is 1. The molecule has 0 bridgehead atoms. The molecule has 0 atom stereocenters. The van der Waals surface area contributed by atoms with Crippen molar-refractivity contribution in [2.45, 2.75) is 19.9 Å². The van der Waals surface area contributed by atoms with Gasteiger partial charge < -0.3 is 0 Å². The number of amides is 1. The van der Waals surface area contributed by atoms with E-state index in [0.29, 0.717) is 5.75 Å². The van der Waals surface area contributed by atoms with E-state index in [0.717, 1.165) is 5.06 Å². The van der Waals surface area contributed by atoms with E-state index >= 15 is 0 Å². The van der Waals surface area contributed by atoms with Gasteiger partial charge in [-0.2, -0.15) is 11.8 Å². The van der Waals surface area contributed by atoms with Crippen LogP contribution in [-0.4, -0.2) is 34.2 Å². The number of nitrogens with zero attached hydrogens (tertiary/aromatic N) is 1. The third-order valence-electron chi connectivity index (χ3n) is 1.01. The minimum absolute atomic E-state index is 0.125. The molecule has 1 amide bonds. The van der Waals surface area contributed by atoms with Crippen molar-refractivity contribution >= 4 is 17.7 Å². The van der Waals surface area contributed by atoms with Crippen LogP contribution in [0, 0.1) is 0 Å². The van der Waals surface area contributed by atoms with Crippen LogP contribution in [0.2, 0.25) is 0 Å². The topological polar surface area (TPSA) is 40.5 Å². The zero-order valence-corrected chi connectivity index (χ0v) is 7.31. The van der Waals surface area contributed by atoms with E-state index in [1.807, 2.05) is 6.26 Å². The Bertz CT molecular complexity index is 116. The van der Waals surface area contributed by atoms with Crippen LogP contribution in [0.5, 0.6) is 0 Å². The molecule has 0 aliphatic carbocycles. The number of rotatable bonds is 3. The lowest BCUT2D eigenvalue weighted by molar-refractivity contribution is -0.169. The zero-order valence-electron chi connectivity index (χ0n) is 6.50. The molecule has 3 nitrogen and oxygen atoms in total. The molecule has 10 heavy (non-hydrogen) atoms. The Labute approximate surface area is 65.4 Å². The summed E-state index contributed by atoms with van der Waals surface area (Å²) in [6, 6.07) is -0.125. The van der Waals surface area contributed by atoms with E-state index in [2.05, 4.69) is 0 Å². The molecule has 0 aromatic heterocycles. The highest BCUT2D eigenvalue weighted by Crippen LogP contribution is 1.99. The average molecular weight is 163 g/mol. The maximum absolute atomic E-state index is 10.8. The molecule has 0 spiro atoms. The molecule has 60 valence electrons. The van der Waals surface area contributed by atoms with Crippen molar-refractivity contribution in [1.29, 1.82) is 0 Å². The molecule has 0 rings (SSSR count). The second kappa shape index (κ2) is 4.57. The van der Waals surface area contributed by atoms with E-state index in [1.54, 1.807) is 13.8 Å². The standard InChI is InChI=1S/C6H13NO2S/c1-5(2)7(9)6(8)4-10-3/h5,9H,4H2,1-3H3. The molecule has 0 aromatic rings. The first-order valence-electron chi connectivity index (χ1n) is 3.09. The van der Waals surface area contributed by atoms with E-state index in [4.69, 9.17) is 5.21 Å². The molecule has 4 heteroatoms. The summed E-state index contributed by atoms with van der Waals surface area (Å²) < 4.78 is 0. The molecular formula is C6H13NO2S. The van der Waals surface area contributed by atoms with Crippen LogP contribution in [0.25, 0.3) is 0 Å². The van der Waals surface area contributed by atoms with Crippen LogP contribution in [0.1, 0.15) is 13.8 Å². The van der Waals surface area contributed by atoms with Crippen LogP contribution < -0.4 is 0 Å². The number of hydrogen-bond donors (Lipinski definition) is 1. The van der Waals surface area contributed by atoms with Gasteiger partial charge in [-0.05, 0) is 20.1 Å². The summed E-state index contributed by atoms with van der Waals surface area (Å²) in [5, 5.41) is 9.76. The molecule has 0 saturated carbocycles. The summed E-state index contributed by atoms with van der Waals surface area (Å²) in [6.45, 7) is 3.52. The molecule has 0 saturated heterocycles. The first kappa shape index (κ1) is 9.78. The van der Waals surface area contributed by atoms with E-state index in [-0.39, 0.29) is 11.9 Å². The van der Waals surface area contributed by atoms with Gasteiger partial charge in [0.1, 0.15) is 0 Å². The van der Waals surface area contributed by atoms with Gasteiger partial charge in [-0.15, -0.1) is 0 Å². The highest BCUT2D eigenvalue weighted by Gasteiger charge is 2.12. The Morgan fingerprint density at radius 3 is 2.50 bits per heavy atom. The number of thioether (sulfide) groups is 1.